The van der Waals surface area contributed by atoms with Crippen molar-refractivity contribution in [3.8, 4) is 0 Å². The smallest absolute Gasteiger partial charge is 0.147 e. The van der Waals surface area contributed by atoms with Crippen LogP contribution in [0.2, 0.25) is 0 Å². The summed E-state index contributed by atoms with van der Waals surface area (Å²) in [6, 6.07) is 7.97. The predicted octanol–water partition coefficient (Wildman–Crippen LogP) is 3.09. The van der Waals surface area contributed by atoms with Crippen molar-refractivity contribution in [1.82, 2.24) is 9.97 Å². The highest BCUT2D eigenvalue weighted by atomic mass is 15.2. The van der Waals surface area contributed by atoms with Gasteiger partial charge in [0.1, 0.15) is 5.82 Å². The quantitative estimate of drug-likeness (QED) is 0.848. The summed E-state index contributed by atoms with van der Waals surface area (Å²) in [6.07, 6.45) is 2.90. The molecule has 0 radical (unpaired) electrons. The second kappa shape index (κ2) is 6.37. The lowest BCUT2D eigenvalue weighted by Gasteiger charge is -2.24. The molecule has 2 N–H and O–H groups in total. The molecule has 0 aliphatic carbocycles. The Morgan fingerprint density at radius 3 is 2.55 bits per heavy atom. The van der Waals surface area contributed by atoms with Crippen LogP contribution in [0.1, 0.15) is 30.3 Å². The maximum Gasteiger partial charge on any atom is 0.147 e. The zero-order chi connectivity index (χ0) is 14.5. The second-order valence-electron chi connectivity index (χ2n) is 5.02. The molecule has 0 atom stereocenters. The Bertz CT molecular complexity index is 580. The van der Waals surface area contributed by atoms with Crippen molar-refractivity contribution in [3.05, 3.63) is 47.4 Å². The number of rotatable bonds is 5. The molecule has 4 nitrogen and oxygen atoms in total. The standard InChI is InChI=1S/C16H22N4/c1-4-9-20(11-14-7-5-6-8-15(14)17)16-10-18-12(2)13(3)19-16/h5-8,10H,4,9,11,17H2,1-3H3. The first kappa shape index (κ1) is 14.3. The van der Waals surface area contributed by atoms with Crippen LogP contribution >= 0.6 is 0 Å². The summed E-state index contributed by atoms with van der Waals surface area (Å²) in [6.45, 7) is 7.83. The number of aromatic nitrogens is 2. The molecule has 0 spiro atoms. The number of anilines is 2. The van der Waals surface area contributed by atoms with Gasteiger partial charge in [0, 0.05) is 18.8 Å². The van der Waals surface area contributed by atoms with Crippen LogP contribution in [0.15, 0.2) is 30.5 Å². The van der Waals surface area contributed by atoms with Crippen LogP contribution < -0.4 is 10.6 Å². The van der Waals surface area contributed by atoms with Gasteiger partial charge in [0.15, 0.2) is 0 Å². The monoisotopic (exact) mass is 270 g/mol. The number of aryl methyl sites for hydroxylation is 2. The number of para-hydroxylation sites is 1. The van der Waals surface area contributed by atoms with E-state index in [1.54, 1.807) is 0 Å². The fourth-order valence-corrected chi connectivity index (χ4v) is 2.11. The Morgan fingerprint density at radius 2 is 1.90 bits per heavy atom. The Labute approximate surface area is 120 Å². The molecule has 0 unspecified atom stereocenters. The highest BCUT2D eigenvalue weighted by Crippen LogP contribution is 2.19. The van der Waals surface area contributed by atoms with Crippen LogP contribution in [-0.4, -0.2) is 16.5 Å². The van der Waals surface area contributed by atoms with Crippen LogP contribution in [-0.2, 0) is 6.54 Å². The van der Waals surface area contributed by atoms with Gasteiger partial charge in [-0.15, -0.1) is 0 Å². The average Bonchev–Trinajstić information content (AvgIpc) is 2.44. The molecule has 4 heteroatoms. The van der Waals surface area contributed by atoms with E-state index in [1.165, 1.54) is 0 Å². The molecule has 0 aliphatic heterocycles. The molecule has 2 rings (SSSR count). The van der Waals surface area contributed by atoms with Gasteiger partial charge >= 0.3 is 0 Å². The number of hydrogen-bond donors (Lipinski definition) is 1. The van der Waals surface area contributed by atoms with Crippen LogP contribution in [0, 0.1) is 13.8 Å². The van der Waals surface area contributed by atoms with Gasteiger partial charge < -0.3 is 10.6 Å². The zero-order valence-electron chi connectivity index (χ0n) is 12.4. The molecule has 1 aromatic carbocycles. The van der Waals surface area contributed by atoms with E-state index >= 15 is 0 Å². The maximum absolute atomic E-state index is 6.03. The van der Waals surface area contributed by atoms with Crippen LogP contribution in [0.5, 0.6) is 0 Å². The summed E-state index contributed by atoms with van der Waals surface area (Å²) in [5.74, 6) is 0.915. The molecular weight excluding hydrogens is 248 g/mol. The van der Waals surface area contributed by atoms with Gasteiger partial charge in [-0.05, 0) is 31.9 Å². The van der Waals surface area contributed by atoms with E-state index in [0.717, 1.165) is 48.0 Å². The van der Waals surface area contributed by atoms with Crippen molar-refractivity contribution < 1.29 is 0 Å². The molecule has 0 fully saturated rings. The minimum atomic E-state index is 0.762. The lowest BCUT2D eigenvalue weighted by atomic mass is 10.1. The number of nitrogens with zero attached hydrogens (tertiary/aromatic N) is 3. The third-order valence-electron chi connectivity index (χ3n) is 3.41. The summed E-state index contributed by atoms with van der Waals surface area (Å²) in [5.41, 5.74) is 9.94. The molecule has 0 saturated heterocycles. The molecular formula is C16H22N4. The first-order valence-electron chi connectivity index (χ1n) is 7.00. The minimum Gasteiger partial charge on any atom is -0.398 e. The summed E-state index contributed by atoms with van der Waals surface area (Å²) in [7, 11) is 0. The van der Waals surface area contributed by atoms with Crippen molar-refractivity contribution >= 4 is 11.5 Å². The fraction of sp³-hybridized carbons (Fsp3) is 0.375. The summed E-state index contributed by atoms with van der Waals surface area (Å²) >= 11 is 0. The SMILES string of the molecule is CCCN(Cc1ccccc1N)c1cnc(C)c(C)n1. The van der Waals surface area contributed by atoms with Gasteiger partial charge in [0.05, 0.1) is 17.6 Å². The van der Waals surface area contributed by atoms with Crippen molar-refractivity contribution in [1.29, 1.82) is 0 Å². The first-order chi connectivity index (χ1) is 9.61. The van der Waals surface area contributed by atoms with E-state index in [1.807, 2.05) is 38.2 Å². The molecule has 2 aromatic rings. The van der Waals surface area contributed by atoms with Gasteiger partial charge in [0.25, 0.3) is 0 Å². The first-order valence-corrected chi connectivity index (χ1v) is 7.00. The van der Waals surface area contributed by atoms with Crippen LogP contribution in [0.3, 0.4) is 0 Å². The minimum absolute atomic E-state index is 0.762. The van der Waals surface area contributed by atoms with Crippen LogP contribution in [0.25, 0.3) is 0 Å². The van der Waals surface area contributed by atoms with E-state index in [4.69, 9.17) is 5.73 Å². The van der Waals surface area contributed by atoms with Crippen molar-refractivity contribution in [3.63, 3.8) is 0 Å². The van der Waals surface area contributed by atoms with Crippen LogP contribution in [0.4, 0.5) is 11.5 Å². The molecule has 0 aliphatic rings. The topological polar surface area (TPSA) is 55.0 Å². The maximum atomic E-state index is 6.03. The predicted molar refractivity (Wildman–Crippen MR) is 83.7 cm³/mol. The molecule has 106 valence electrons. The third-order valence-corrected chi connectivity index (χ3v) is 3.41. The Morgan fingerprint density at radius 1 is 1.15 bits per heavy atom. The van der Waals surface area contributed by atoms with E-state index < -0.39 is 0 Å². The van der Waals surface area contributed by atoms with E-state index in [0.29, 0.717) is 0 Å². The normalized spacial score (nSPS) is 10.6. The highest BCUT2D eigenvalue weighted by molar-refractivity contribution is 5.49. The van der Waals surface area contributed by atoms with Gasteiger partial charge in [-0.25, -0.2) is 4.98 Å². The lowest BCUT2D eigenvalue weighted by Crippen LogP contribution is -2.25. The third kappa shape index (κ3) is 3.26. The average molecular weight is 270 g/mol. The second-order valence-corrected chi connectivity index (χ2v) is 5.02. The summed E-state index contributed by atoms with van der Waals surface area (Å²) in [5, 5.41) is 0. The van der Waals surface area contributed by atoms with Gasteiger partial charge in [-0.2, -0.15) is 0 Å². The lowest BCUT2D eigenvalue weighted by molar-refractivity contribution is 0.749. The number of hydrogen-bond acceptors (Lipinski definition) is 4. The largest absolute Gasteiger partial charge is 0.398 e. The Kier molecular flexibility index (Phi) is 4.56. The molecule has 0 bridgehead atoms. The van der Waals surface area contributed by atoms with Crippen molar-refractivity contribution in [2.24, 2.45) is 0 Å². The Balaban J connectivity index is 2.27. The molecule has 0 saturated carbocycles. The molecule has 20 heavy (non-hydrogen) atoms. The van der Waals surface area contributed by atoms with Crippen molar-refractivity contribution in [2.45, 2.75) is 33.7 Å². The zero-order valence-corrected chi connectivity index (χ0v) is 12.4. The summed E-state index contributed by atoms with van der Waals surface area (Å²) < 4.78 is 0. The Hall–Kier alpha value is -2.10. The number of benzene rings is 1. The van der Waals surface area contributed by atoms with Gasteiger partial charge in [-0.1, -0.05) is 25.1 Å². The molecule has 1 heterocycles. The van der Waals surface area contributed by atoms with Gasteiger partial charge in [0.2, 0.25) is 0 Å². The van der Waals surface area contributed by atoms with Gasteiger partial charge in [-0.3, -0.25) is 4.98 Å². The summed E-state index contributed by atoms with van der Waals surface area (Å²) in [4.78, 5) is 11.3. The fourth-order valence-electron chi connectivity index (χ4n) is 2.11. The molecule has 0 amide bonds. The number of nitrogen functional groups attached to an aromatic ring is 1. The van der Waals surface area contributed by atoms with E-state index in [2.05, 4.69) is 27.9 Å². The van der Waals surface area contributed by atoms with Crippen molar-refractivity contribution in [2.75, 3.05) is 17.2 Å². The van der Waals surface area contributed by atoms with E-state index in [9.17, 15) is 0 Å². The highest BCUT2D eigenvalue weighted by Gasteiger charge is 2.11. The molecule has 1 aromatic heterocycles. The number of nitrogens with two attached hydrogens (primary N) is 1. The van der Waals surface area contributed by atoms with E-state index in [-0.39, 0.29) is 0 Å².